The van der Waals surface area contributed by atoms with Crippen LogP contribution in [0, 0.1) is 0 Å². The second-order valence-corrected chi connectivity index (χ2v) is 3.41. The highest BCUT2D eigenvalue weighted by Gasteiger charge is 2.00. The molecule has 0 aliphatic rings. The highest BCUT2D eigenvalue weighted by molar-refractivity contribution is 5.17. The Bertz CT molecular complexity index is 471. The minimum absolute atomic E-state index is 0.228. The summed E-state index contributed by atoms with van der Waals surface area (Å²) in [5.74, 6) is 0. The normalized spacial score (nSPS) is 10.1. The monoisotopic (exact) mass is 200 g/mol. The summed E-state index contributed by atoms with van der Waals surface area (Å²) in [6.45, 7) is 0. The zero-order valence-electron chi connectivity index (χ0n) is 8.35. The Labute approximate surface area is 88.2 Å². The topological polar surface area (TPSA) is 30.2 Å². The van der Waals surface area contributed by atoms with Gasteiger partial charge in [-0.25, -0.2) is 4.79 Å². The average molecular weight is 200 g/mol. The van der Waals surface area contributed by atoms with E-state index in [4.69, 9.17) is 4.42 Å². The second-order valence-electron chi connectivity index (χ2n) is 3.41. The van der Waals surface area contributed by atoms with Crippen molar-refractivity contribution in [3.05, 3.63) is 70.3 Å². The Balaban J connectivity index is 2.06. The van der Waals surface area contributed by atoms with Crippen LogP contribution in [0.1, 0.15) is 11.1 Å². The summed E-state index contributed by atoms with van der Waals surface area (Å²) in [6.07, 6.45) is 3.01. The minimum Gasteiger partial charge on any atom is -0.431 e. The van der Waals surface area contributed by atoms with Crippen molar-refractivity contribution in [3.8, 4) is 0 Å². The van der Waals surface area contributed by atoms with Crippen LogP contribution in [-0.2, 0) is 12.8 Å². The first-order valence-electron chi connectivity index (χ1n) is 4.97. The quantitative estimate of drug-likeness (QED) is 0.761. The first kappa shape index (κ1) is 9.71. The molecular formula is C13H12O2. The predicted molar refractivity (Wildman–Crippen MR) is 58.8 cm³/mol. The fraction of sp³-hybridized carbons (Fsp3) is 0.154. The maximum absolute atomic E-state index is 11.3. The number of benzene rings is 1. The Kier molecular flexibility index (Phi) is 2.98. The SMILES string of the molecule is O=c1occcc1CCc1ccccc1. The molecule has 2 nitrogen and oxygen atoms in total. The summed E-state index contributed by atoms with van der Waals surface area (Å²) in [7, 11) is 0. The van der Waals surface area contributed by atoms with Crippen LogP contribution in [0.2, 0.25) is 0 Å². The first-order chi connectivity index (χ1) is 7.36. The van der Waals surface area contributed by atoms with Gasteiger partial charge in [-0.1, -0.05) is 30.3 Å². The molecule has 1 aromatic heterocycles. The summed E-state index contributed by atoms with van der Waals surface area (Å²) in [6, 6.07) is 13.7. The number of rotatable bonds is 3. The van der Waals surface area contributed by atoms with Crippen LogP contribution in [0.5, 0.6) is 0 Å². The maximum Gasteiger partial charge on any atom is 0.338 e. The number of hydrogen-bond acceptors (Lipinski definition) is 2. The van der Waals surface area contributed by atoms with Gasteiger partial charge in [0.15, 0.2) is 0 Å². The molecule has 0 unspecified atom stereocenters. The number of hydrogen-bond donors (Lipinski definition) is 0. The van der Waals surface area contributed by atoms with Gasteiger partial charge in [0, 0.05) is 5.56 Å². The molecule has 0 saturated carbocycles. The van der Waals surface area contributed by atoms with E-state index in [0.29, 0.717) is 0 Å². The van der Waals surface area contributed by atoms with E-state index < -0.39 is 0 Å². The van der Waals surface area contributed by atoms with Gasteiger partial charge in [0.2, 0.25) is 0 Å². The molecule has 0 N–H and O–H groups in total. The molecule has 1 heterocycles. The van der Waals surface area contributed by atoms with Crippen LogP contribution in [0.4, 0.5) is 0 Å². The summed E-state index contributed by atoms with van der Waals surface area (Å²) in [4.78, 5) is 11.3. The Morgan fingerprint density at radius 1 is 0.933 bits per heavy atom. The molecule has 0 fully saturated rings. The highest BCUT2D eigenvalue weighted by atomic mass is 16.4. The van der Waals surface area contributed by atoms with E-state index >= 15 is 0 Å². The summed E-state index contributed by atoms with van der Waals surface area (Å²) in [5.41, 5.74) is 1.75. The second kappa shape index (κ2) is 4.60. The number of aryl methyl sites for hydroxylation is 2. The summed E-state index contributed by atoms with van der Waals surface area (Å²) < 4.78 is 4.79. The average Bonchev–Trinajstić information content (AvgIpc) is 2.29. The summed E-state index contributed by atoms with van der Waals surface area (Å²) in [5, 5.41) is 0. The fourth-order valence-corrected chi connectivity index (χ4v) is 1.51. The Morgan fingerprint density at radius 2 is 1.73 bits per heavy atom. The third-order valence-corrected chi connectivity index (χ3v) is 2.34. The lowest BCUT2D eigenvalue weighted by Crippen LogP contribution is -2.07. The molecule has 0 spiro atoms. The molecule has 0 radical (unpaired) electrons. The van der Waals surface area contributed by atoms with Gasteiger partial charge in [-0.15, -0.1) is 0 Å². The van der Waals surface area contributed by atoms with Crippen LogP contribution >= 0.6 is 0 Å². The van der Waals surface area contributed by atoms with Gasteiger partial charge in [0.25, 0.3) is 0 Å². The molecule has 2 heteroatoms. The van der Waals surface area contributed by atoms with Gasteiger partial charge in [-0.3, -0.25) is 0 Å². The maximum atomic E-state index is 11.3. The van der Waals surface area contributed by atoms with Crippen molar-refractivity contribution in [1.82, 2.24) is 0 Å². The van der Waals surface area contributed by atoms with Gasteiger partial charge in [0.05, 0.1) is 6.26 Å². The third kappa shape index (κ3) is 2.56. The van der Waals surface area contributed by atoms with Crippen molar-refractivity contribution in [1.29, 1.82) is 0 Å². The standard InChI is InChI=1S/C13H12O2/c14-13-12(7-4-10-15-13)9-8-11-5-2-1-3-6-11/h1-7,10H,8-9H2. The molecule has 0 amide bonds. The van der Waals surface area contributed by atoms with E-state index in [-0.39, 0.29) is 5.63 Å². The molecule has 76 valence electrons. The zero-order valence-corrected chi connectivity index (χ0v) is 8.35. The van der Waals surface area contributed by atoms with E-state index in [1.165, 1.54) is 11.8 Å². The van der Waals surface area contributed by atoms with Gasteiger partial charge in [-0.2, -0.15) is 0 Å². The third-order valence-electron chi connectivity index (χ3n) is 2.34. The molecule has 1 aromatic carbocycles. The van der Waals surface area contributed by atoms with Gasteiger partial charge >= 0.3 is 5.63 Å². The van der Waals surface area contributed by atoms with E-state index in [9.17, 15) is 4.79 Å². The molecule has 0 saturated heterocycles. The van der Waals surface area contributed by atoms with Crippen molar-refractivity contribution in [2.24, 2.45) is 0 Å². The van der Waals surface area contributed by atoms with Crippen molar-refractivity contribution >= 4 is 0 Å². The van der Waals surface area contributed by atoms with E-state index in [0.717, 1.165) is 18.4 Å². The molecule has 0 aliphatic carbocycles. The van der Waals surface area contributed by atoms with Gasteiger partial charge < -0.3 is 4.42 Å². The predicted octanol–water partition coefficient (Wildman–Crippen LogP) is 2.43. The van der Waals surface area contributed by atoms with Crippen molar-refractivity contribution < 1.29 is 4.42 Å². The highest BCUT2D eigenvalue weighted by Crippen LogP contribution is 2.03. The smallest absolute Gasteiger partial charge is 0.338 e. The molecular weight excluding hydrogens is 188 g/mol. The molecule has 0 atom stereocenters. The lowest BCUT2D eigenvalue weighted by molar-refractivity contribution is 0.501. The van der Waals surface area contributed by atoms with Crippen molar-refractivity contribution in [3.63, 3.8) is 0 Å². The largest absolute Gasteiger partial charge is 0.431 e. The van der Waals surface area contributed by atoms with E-state index in [1.54, 1.807) is 6.07 Å². The van der Waals surface area contributed by atoms with Crippen LogP contribution in [-0.4, -0.2) is 0 Å². The molecule has 0 aliphatic heterocycles. The molecule has 15 heavy (non-hydrogen) atoms. The van der Waals surface area contributed by atoms with Crippen LogP contribution in [0.15, 0.2) is 57.9 Å². The van der Waals surface area contributed by atoms with Crippen LogP contribution in [0.3, 0.4) is 0 Å². The van der Waals surface area contributed by atoms with E-state index in [2.05, 4.69) is 12.1 Å². The van der Waals surface area contributed by atoms with Gasteiger partial charge in [0.1, 0.15) is 0 Å². The van der Waals surface area contributed by atoms with Crippen molar-refractivity contribution in [2.75, 3.05) is 0 Å². The van der Waals surface area contributed by atoms with Crippen LogP contribution in [0.25, 0.3) is 0 Å². The van der Waals surface area contributed by atoms with E-state index in [1.807, 2.05) is 24.3 Å². The van der Waals surface area contributed by atoms with Crippen molar-refractivity contribution in [2.45, 2.75) is 12.8 Å². The first-order valence-corrected chi connectivity index (χ1v) is 4.97. The van der Waals surface area contributed by atoms with Gasteiger partial charge in [-0.05, 0) is 30.5 Å². The minimum atomic E-state index is -0.228. The lowest BCUT2D eigenvalue weighted by Gasteiger charge is -1.99. The zero-order chi connectivity index (χ0) is 10.5. The molecule has 2 aromatic rings. The fourth-order valence-electron chi connectivity index (χ4n) is 1.51. The Morgan fingerprint density at radius 3 is 2.47 bits per heavy atom. The lowest BCUT2D eigenvalue weighted by atomic mass is 10.1. The van der Waals surface area contributed by atoms with Crippen LogP contribution < -0.4 is 5.63 Å². The molecule has 0 bridgehead atoms. The Hall–Kier alpha value is -1.83. The molecule has 2 rings (SSSR count). The summed E-state index contributed by atoms with van der Waals surface area (Å²) >= 11 is 0.